The fraction of sp³-hybridized carbons (Fsp3) is 0.160. The number of ether oxygens (including phenoxy) is 3. The molecule has 1 N–H and O–H groups in total. The highest BCUT2D eigenvalue weighted by Crippen LogP contribution is 2.29. The molecule has 0 saturated heterocycles. The molecule has 33 heavy (non-hydrogen) atoms. The molecule has 0 radical (unpaired) electrons. The normalized spacial score (nSPS) is 10.6. The molecule has 3 aromatic rings. The molecule has 170 valence electrons. The van der Waals surface area contributed by atoms with Gasteiger partial charge in [0.15, 0.2) is 18.1 Å². The van der Waals surface area contributed by atoms with E-state index >= 15 is 0 Å². The van der Waals surface area contributed by atoms with Gasteiger partial charge < -0.3 is 14.2 Å². The smallest absolute Gasteiger partial charge is 0.343 e. The van der Waals surface area contributed by atoms with E-state index in [9.17, 15) is 9.59 Å². The van der Waals surface area contributed by atoms with Crippen LogP contribution < -0.4 is 19.6 Å². The van der Waals surface area contributed by atoms with Crippen LogP contribution in [0.15, 0.2) is 71.8 Å². The largest absolute Gasteiger partial charge is 0.490 e. The van der Waals surface area contributed by atoms with Crippen molar-refractivity contribution in [2.75, 3.05) is 13.2 Å². The Morgan fingerprint density at radius 3 is 2.52 bits per heavy atom. The molecule has 3 rings (SSSR count). The molecule has 0 heterocycles. The second kappa shape index (κ2) is 11.7. The Morgan fingerprint density at radius 1 is 1.00 bits per heavy atom. The predicted molar refractivity (Wildman–Crippen MR) is 126 cm³/mol. The summed E-state index contributed by atoms with van der Waals surface area (Å²) < 4.78 is 16.5. The number of hydrazone groups is 1. The van der Waals surface area contributed by atoms with Crippen LogP contribution >= 0.6 is 11.6 Å². The molecule has 7 nitrogen and oxygen atoms in total. The molecule has 0 atom stereocenters. The molecule has 0 aromatic heterocycles. The van der Waals surface area contributed by atoms with Crippen molar-refractivity contribution in [3.05, 3.63) is 88.4 Å². The summed E-state index contributed by atoms with van der Waals surface area (Å²) in [6.45, 7) is 3.97. The van der Waals surface area contributed by atoms with E-state index in [0.29, 0.717) is 34.3 Å². The van der Waals surface area contributed by atoms with Crippen LogP contribution in [0.5, 0.6) is 17.2 Å². The van der Waals surface area contributed by atoms with Crippen molar-refractivity contribution < 1.29 is 23.8 Å². The second-order valence-corrected chi connectivity index (χ2v) is 7.37. The summed E-state index contributed by atoms with van der Waals surface area (Å²) in [5.74, 6) is 0.322. The third-order valence-corrected chi connectivity index (χ3v) is 4.56. The molecule has 1 amide bonds. The van der Waals surface area contributed by atoms with Crippen LogP contribution in [0.25, 0.3) is 0 Å². The lowest BCUT2D eigenvalue weighted by molar-refractivity contribution is -0.123. The first-order valence-electron chi connectivity index (χ1n) is 10.2. The van der Waals surface area contributed by atoms with Gasteiger partial charge in [-0.25, -0.2) is 10.2 Å². The highest BCUT2D eigenvalue weighted by atomic mass is 35.5. The molecule has 0 aliphatic rings. The summed E-state index contributed by atoms with van der Waals surface area (Å²) in [6, 6.07) is 18.7. The third kappa shape index (κ3) is 7.36. The van der Waals surface area contributed by atoms with Gasteiger partial charge in [-0.15, -0.1) is 0 Å². The fourth-order valence-corrected chi connectivity index (χ4v) is 2.89. The zero-order valence-electron chi connectivity index (χ0n) is 18.2. The zero-order valence-corrected chi connectivity index (χ0v) is 19.0. The Bertz CT molecular complexity index is 1150. The first-order chi connectivity index (χ1) is 15.9. The van der Waals surface area contributed by atoms with E-state index in [2.05, 4.69) is 10.5 Å². The highest BCUT2D eigenvalue weighted by molar-refractivity contribution is 6.30. The number of hydrogen-bond acceptors (Lipinski definition) is 6. The van der Waals surface area contributed by atoms with Crippen LogP contribution in [0.4, 0.5) is 0 Å². The molecule has 0 spiro atoms. The first kappa shape index (κ1) is 23.8. The Hall–Kier alpha value is -3.84. The number of aryl methyl sites for hydroxylation is 1. The van der Waals surface area contributed by atoms with Gasteiger partial charge in [0.1, 0.15) is 5.75 Å². The number of rotatable bonds is 9. The molecular weight excluding hydrogens is 444 g/mol. The van der Waals surface area contributed by atoms with Crippen molar-refractivity contribution in [1.29, 1.82) is 0 Å². The average Bonchev–Trinajstić information content (AvgIpc) is 2.80. The fourth-order valence-electron chi connectivity index (χ4n) is 2.77. The van der Waals surface area contributed by atoms with E-state index in [1.807, 2.05) is 32.0 Å². The molecule has 3 aromatic carbocycles. The van der Waals surface area contributed by atoms with E-state index in [1.54, 1.807) is 48.5 Å². The van der Waals surface area contributed by atoms with Gasteiger partial charge in [-0.2, -0.15) is 5.10 Å². The van der Waals surface area contributed by atoms with Crippen LogP contribution in [-0.4, -0.2) is 31.3 Å². The molecule has 8 heteroatoms. The summed E-state index contributed by atoms with van der Waals surface area (Å²) in [6.07, 6.45) is 1.46. The Morgan fingerprint density at radius 2 is 1.79 bits per heavy atom. The lowest BCUT2D eigenvalue weighted by Crippen LogP contribution is -2.24. The molecule has 0 unspecified atom stereocenters. The van der Waals surface area contributed by atoms with Crippen molar-refractivity contribution >= 4 is 29.7 Å². The van der Waals surface area contributed by atoms with Crippen LogP contribution in [0.3, 0.4) is 0 Å². The molecule has 0 fully saturated rings. The minimum atomic E-state index is -0.532. The summed E-state index contributed by atoms with van der Waals surface area (Å²) in [7, 11) is 0. The summed E-state index contributed by atoms with van der Waals surface area (Å²) >= 11 is 5.86. The SMILES string of the molecule is CCOc1cc(/C=N/NC(=O)COc2cccc(C)c2)ccc1OC(=O)c1ccc(Cl)cc1. The lowest BCUT2D eigenvalue weighted by Gasteiger charge is -2.11. The second-order valence-electron chi connectivity index (χ2n) is 6.93. The minimum absolute atomic E-state index is 0.162. The number of benzene rings is 3. The Labute approximate surface area is 196 Å². The Kier molecular flexibility index (Phi) is 8.43. The number of carbonyl (C=O) groups excluding carboxylic acids is 2. The maximum Gasteiger partial charge on any atom is 0.343 e. The highest BCUT2D eigenvalue weighted by Gasteiger charge is 2.13. The van der Waals surface area contributed by atoms with Crippen LogP contribution in [-0.2, 0) is 4.79 Å². The quantitative estimate of drug-likeness (QED) is 0.212. The lowest BCUT2D eigenvalue weighted by atomic mass is 10.2. The predicted octanol–water partition coefficient (Wildman–Crippen LogP) is 4.80. The summed E-state index contributed by atoms with van der Waals surface area (Å²) in [5, 5.41) is 4.47. The van der Waals surface area contributed by atoms with E-state index in [0.717, 1.165) is 5.56 Å². The van der Waals surface area contributed by atoms with Gasteiger partial charge in [-0.05, 0) is 79.6 Å². The van der Waals surface area contributed by atoms with Crippen LogP contribution in [0.2, 0.25) is 5.02 Å². The molecule has 0 aliphatic heterocycles. The van der Waals surface area contributed by atoms with Gasteiger partial charge in [0.2, 0.25) is 0 Å². The summed E-state index contributed by atoms with van der Waals surface area (Å²) in [4.78, 5) is 24.3. The van der Waals surface area contributed by atoms with Crippen LogP contribution in [0.1, 0.15) is 28.4 Å². The molecule has 0 saturated carbocycles. The van der Waals surface area contributed by atoms with Gasteiger partial charge in [0.05, 0.1) is 18.4 Å². The number of amides is 1. The van der Waals surface area contributed by atoms with Gasteiger partial charge >= 0.3 is 5.97 Å². The number of halogens is 1. The summed E-state index contributed by atoms with van der Waals surface area (Å²) in [5.41, 5.74) is 4.46. The van der Waals surface area contributed by atoms with E-state index in [-0.39, 0.29) is 12.4 Å². The number of nitrogens with zero attached hydrogens (tertiary/aromatic N) is 1. The number of carbonyl (C=O) groups is 2. The van der Waals surface area contributed by atoms with Crippen molar-refractivity contribution in [2.45, 2.75) is 13.8 Å². The van der Waals surface area contributed by atoms with E-state index in [4.69, 9.17) is 25.8 Å². The van der Waals surface area contributed by atoms with E-state index < -0.39 is 11.9 Å². The zero-order chi connectivity index (χ0) is 23.6. The van der Waals surface area contributed by atoms with Crippen molar-refractivity contribution in [3.63, 3.8) is 0 Å². The first-order valence-corrected chi connectivity index (χ1v) is 10.6. The Balaban J connectivity index is 1.59. The molecule has 0 bridgehead atoms. The van der Waals surface area contributed by atoms with Gasteiger partial charge in [-0.1, -0.05) is 23.7 Å². The van der Waals surface area contributed by atoms with Crippen molar-refractivity contribution in [3.8, 4) is 17.2 Å². The molecule has 0 aliphatic carbocycles. The number of hydrogen-bond donors (Lipinski definition) is 1. The topological polar surface area (TPSA) is 86.2 Å². The van der Waals surface area contributed by atoms with Crippen molar-refractivity contribution in [2.24, 2.45) is 5.10 Å². The van der Waals surface area contributed by atoms with Gasteiger partial charge in [0.25, 0.3) is 5.91 Å². The maximum absolute atomic E-state index is 12.4. The standard InChI is InChI=1S/C25H23ClN2O5/c1-3-31-23-14-18(7-12-22(23)33-25(30)19-8-10-20(26)11-9-19)15-27-28-24(29)16-32-21-6-4-5-17(2)13-21/h4-15H,3,16H2,1-2H3,(H,28,29)/b27-15+. The molecular formula is C25H23ClN2O5. The minimum Gasteiger partial charge on any atom is -0.490 e. The number of nitrogens with one attached hydrogen (secondary N) is 1. The monoisotopic (exact) mass is 466 g/mol. The van der Waals surface area contributed by atoms with Gasteiger partial charge in [-0.3, -0.25) is 4.79 Å². The maximum atomic E-state index is 12.4. The van der Waals surface area contributed by atoms with Gasteiger partial charge in [0, 0.05) is 5.02 Å². The van der Waals surface area contributed by atoms with Crippen LogP contribution in [0, 0.1) is 6.92 Å². The number of esters is 1. The third-order valence-electron chi connectivity index (χ3n) is 4.31. The van der Waals surface area contributed by atoms with E-state index in [1.165, 1.54) is 6.21 Å². The average molecular weight is 467 g/mol. The van der Waals surface area contributed by atoms with Crippen molar-refractivity contribution in [1.82, 2.24) is 5.43 Å².